The molecule has 2 rings (SSSR count). The van der Waals surface area contributed by atoms with Gasteiger partial charge in [0.25, 0.3) is 5.91 Å². The maximum atomic E-state index is 12.0. The fourth-order valence-corrected chi connectivity index (χ4v) is 2.72. The van der Waals surface area contributed by atoms with E-state index < -0.39 is 0 Å². The van der Waals surface area contributed by atoms with Gasteiger partial charge >= 0.3 is 0 Å². The van der Waals surface area contributed by atoms with E-state index in [4.69, 9.17) is 9.15 Å². The van der Waals surface area contributed by atoms with Gasteiger partial charge in [-0.15, -0.1) is 0 Å². The van der Waals surface area contributed by atoms with Crippen molar-refractivity contribution in [3.8, 4) is 0 Å². The SMILES string of the molecule is CC(C)C(CNC(=O)c1ccc(Br)o1)N1CCOCC1. The molecule has 1 aliphatic rings. The minimum atomic E-state index is -0.172. The van der Waals surface area contributed by atoms with Gasteiger partial charge in [0.2, 0.25) is 0 Å². The Hall–Kier alpha value is -0.850. The average Bonchev–Trinajstić information content (AvgIpc) is 2.86. The molecule has 1 atom stereocenters. The lowest BCUT2D eigenvalue weighted by Gasteiger charge is -2.36. The van der Waals surface area contributed by atoms with E-state index in [1.54, 1.807) is 12.1 Å². The van der Waals surface area contributed by atoms with Gasteiger partial charge in [0.15, 0.2) is 10.4 Å². The van der Waals surface area contributed by atoms with Gasteiger partial charge in [-0.05, 0) is 34.0 Å². The van der Waals surface area contributed by atoms with Crippen LogP contribution >= 0.6 is 15.9 Å². The number of furan rings is 1. The van der Waals surface area contributed by atoms with Gasteiger partial charge in [0.05, 0.1) is 13.2 Å². The molecule has 0 radical (unpaired) electrons. The van der Waals surface area contributed by atoms with Crippen LogP contribution in [0.4, 0.5) is 0 Å². The van der Waals surface area contributed by atoms with Crippen LogP contribution in [0, 0.1) is 5.92 Å². The van der Waals surface area contributed by atoms with Crippen LogP contribution in [0.5, 0.6) is 0 Å². The monoisotopic (exact) mass is 344 g/mol. The summed E-state index contributed by atoms with van der Waals surface area (Å²) in [5.41, 5.74) is 0. The first-order valence-electron chi connectivity index (χ1n) is 6.93. The van der Waals surface area contributed by atoms with E-state index in [1.807, 2.05) is 0 Å². The summed E-state index contributed by atoms with van der Waals surface area (Å²) in [5.74, 6) is 0.632. The first kappa shape index (κ1) is 15.5. The lowest BCUT2D eigenvalue weighted by atomic mass is 10.0. The van der Waals surface area contributed by atoms with Gasteiger partial charge in [0.1, 0.15) is 0 Å². The number of carbonyl (C=O) groups excluding carboxylic acids is 1. The van der Waals surface area contributed by atoms with E-state index in [2.05, 4.69) is 40.0 Å². The number of amides is 1. The van der Waals surface area contributed by atoms with Crippen LogP contribution in [-0.2, 0) is 4.74 Å². The Labute approximate surface area is 127 Å². The molecule has 1 aromatic heterocycles. The molecule has 5 nitrogen and oxygen atoms in total. The second-order valence-corrected chi connectivity index (χ2v) is 6.06. The van der Waals surface area contributed by atoms with Crippen LogP contribution in [0.2, 0.25) is 0 Å². The Morgan fingerprint density at radius 2 is 2.10 bits per heavy atom. The van der Waals surface area contributed by atoms with Crippen molar-refractivity contribution in [2.24, 2.45) is 5.92 Å². The quantitative estimate of drug-likeness (QED) is 0.888. The minimum absolute atomic E-state index is 0.172. The zero-order valence-corrected chi connectivity index (χ0v) is 13.5. The second kappa shape index (κ2) is 7.24. The number of hydrogen-bond acceptors (Lipinski definition) is 4. The summed E-state index contributed by atoms with van der Waals surface area (Å²) in [7, 11) is 0. The molecule has 1 amide bonds. The highest BCUT2D eigenvalue weighted by Gasteiger charge is 2.24. The number of ether oxygens (including phenoxy) is 1. The molecule has 2 heterocycles. The average molecular weight is 345 g/mol. The highest BCUT2D eigenvalue weighted by Crippen LogP contribution is 2.15. The zero-order valence-electron chi connectivity index (χ0n) is 11.9. The van der Waals surface area contributed by atoms with Gasteiger partial charge in [-0.25, -0.2) is 0 Å². The Morgan fingerprint density at radius 1 is 1.40 bits per heavy atom. The van der Waals surface area contributed by atoms with Crippen LogP contribution in [0.15, 0.2) is 21.2 Å². The third-order valence-corrected chi connectivity index (χ3v) is 3.98. The summed E-state index contributed by atoms with van der Waals surface area (Å²) in [6.45, 7) is 8.35. The van der Waals surface area contributed by atoms with Crippen molar-refractivity contribution in [1.29, 1.82) is 0 Å². The first-order valence-corrected chi connectivity index (χ1v) is 7.72. The predicted molar refractivity (Wildman–Crippen MR) is 79.8 cm³/mol. The summed E-state index contributed by atoms with van der Waals surface area (Å²) < 4.78 is 11.2. The van der Waals surface area contributed by atoms with Crippen molar-refractivity contribution < 1.29 is 13.9 Å². The molecule has 1 unspecified atom stereocenters. The van der Waals surface area contributed by atoms with Gasteiger partial charge in [-0.3, -0.25) is 9.69 Å². The topological polar surface area (TPSA) is 54.7 Å². The van der Waals surface area contributed by atoms with E-state index in [9.17, 15) is 4.79 Å². The number of carbonyl (C=O) groups is 1. The maximum absolute atomic E-state index is 12.0. The smallest absolute Gasteiger partial charge is 0.287 e. The number of rotatable bonds is 5. The zero-order chi connectivity index (χ0) is 14.5. The summed E-state index contributed by atoms with van der Waals surface area (Å²) in [4.78, 5) is 14.4. The van der Waals surface area contributed by atoms with Crippen molar-refractivity contribution in [2.45, 2.75) is 19.9 Å². The van der Waals surface area contributed by atoms with E-state index in [0.29, 0.717) is 28.9 Å². The largest absolute Gasteiger partial charge is 0.444 e. The predicted octanol–water partition coefficient (Wildman–Crippen LogP) is 2.13. The molecule has 20 heavy (non-hydrogen) atoms. The Bertz CT molecular complexity index is 441. The molecule has 6 heteroatoms. The van der Waals surface area contributed by atoms with Crippen molar-refractivity contribution in [1.82, 2.24) is 10.2 Å². The molecule has 0 spiro atoms. The third kappa shape index (κ3) is 4.07. The standard InChI is InChI=1S/C14H21BrN2O3/c1-10(2)11(17-5-7-19-8-6-17)9-16-14(18)12-3-4-13(15)20-12/h3-4,10-11H,5-9H2,1-2H3,(H,16,18). The Morgan fingerprint density at radius 3 is 2.65 bits per heavy atom. The van der Waals surface area contributed by atoms with Crippen molar-refractivity contribution in [2.75, 3.05) is 32.8 Å². The lowest BCUT2D eigenvalue weighted by molar-refractivity contribution is 0.00666. The molecule has 0 aromatic carbocycles. The van der Waals surface area contributed by atoms with Crippen LogP contribution in [0.3, 0.4) is 0 Å². The molecule has 1 N–H and O–H groups in total. The summed E-state index contributed by atoms with van der Waals surface area (Å²) in [5, 5.41) is 2.96. The highest BCUT2D eigenvalue weighted by atomic mass is 79.9. The van der Waals surface area contributed by atoms with Gasteiger partial charge < -0.3 is 14.5 Å². The Balaban J connectivity index is 1.90. The summed E-state index contributed by atoms with van der Waals surface area (Å²) >= 11 is 3.20. The van der Waals surface area contributed by atoms with Gasteiger partial charge in [-0.2, -0.15) is 0 Å². The molecule has 1 saturated heterocycles. The molecular weight excluding hydrogens is 324 g/mol. The molecule has 1 fully saturated rings. The molecule has 0 aliphatic carbocycles. The summed E-state index contributed by atoms with van der Waals surface area (Å²) in [6.07, 6.45) is 0. The van der Waals surface area contributed by atoms with Crippen LogP contribution in [-0.4, -0.2) is 49.7 Å². The molecule has 1 aliphatic heterocycles. The van der Waals surface area contributed by atoms with Crippen molar-refractivity contribution in [3.63, 3.8) is 0 Å². The van der Waals surface area contributed by atoms with Gasteiger partial charge in [-0.1, -0.05) is 13.8 Å². The minimum Gasteiger partial charge on any atom is -0.444 e. The molecule has 112 valence electrons. The first-order chi connectivity index (χ1) is 9.58. The summed E-state index contributed by atoms with van der Waals surface area (Å²) in [6, 6.07) is 3.70. The highest BCUT2D eigenvalue weighted by molar-refractivity contribution is 9.10. The third-order valence-electron chi connectivity index (χ3n) is 3.55. The lowest BCUT2D eigenvalue weighted by Crippen LogP contribution is -2.51. The molecule has 1 aromatic rings. The second-order valence-electron chi connectivity index (χ2n) is 5.27. The molecule has 0 bridgehead atoms. The van der Waals surface area contributed by atoms with E-state index in [-0.39, 0.29) is 5.91 Å². The number of nitrogens with one attached hydrogen (secondary N) is 1. The Kier molecular flexibility index (Phi) is 5.63. The van der Waals surface area contributed by atoms with Crippen LogP contribution in [0.1, 0.15) is 24.4 Å². The van der Waals surface area contributed by atoms with Crippen LogP contribution < -0.4 is 5.32 Å². The van der Waals surface area contributed by atoms with E-state index >= 15 is 0 Å². The number of halogens is 1. The molecular formula is C14H21BrN2O3. The maximum Gasteiger partial charge on any atom is 0.287 e. The normalized spacial score (nSPS) is 18.2. The molecule has 0 saturated carbocycles. The fraction of sp³-hybridized carbons (Fsp3) is 0.643. The van der Waals surface area contributed by atoms with Crippen LogP contribution in [0.25, 0.3) is 0 Å². The van der Waals surface area contributed by atoms with Gasteiger partial charge in [0, 0.05) is 25.7 Å². The number of hydrogen-bond donors (Lipinski definition) is 1. The van der Waals surface area contributed by atoms with Crippen molar-refractivity contribution in [3.05, 3.63) is 22.6 Å². The van der Waals surface area contributed by atoms with E-state index in [0.717, 1.165) is 26.3 Å². The fourth-order valence-electron chi connectivity index (χ4n) is 2.42. The number of nitrogens with zero attached hydrogens (tertiary/aromatic N) is 1. The number of morpholine rings is 1. The van der Waals surface area contributed by atoms with E-state index in [1.165, 1.54) is 0 Å². The van der Waals surface area contributed by atoms with Crippen molar-refractivity contribution >= 4 is 21.8 Å².